The second kappa shape index (κ2) is 5.14. The minimum Gasteiger partial charge on any atom is -0.306 e. The Bertz CT molecular complexity index is 599. The Hall–Kier alpha value is -1.94. The number of rotatable bonds is 2. The Balaban J connectivity index is 2.22. The van der Waals surface area contributed by atoms with Crippen molar-refractivity contribution < 1.29 is 4.79 Å². The number of carbonyl (C=O) groups excluding carboxylic acids is 1. The molecule has 92 valence electrons. The van der Waals surface area contributed by atoms with E-state index in [1.54, 1.807) is 31.2 Å². The first kappa shape index (κ1) is 12.5. The largest absolute Gasteiger partial charge is 0.306 e. The molecule has 2 heterocycles. The van der Waals surface area contributed by atoms with Crippen molar-refractivity contribution in [1.29, 1.82) is 0 Å². The summed E-state index contributed by atoms with van der Waals surface area (Å²) in [6, 6.07) is 6.79. The van der Waals surface area contributed by atoms with Gasteiger partial charge in [-0.1, -0.05) is 11.6 Å². The molecule has 1 N–H and O–H groups in total. The van der Waals surface area contributed by atoms with Crippen LogP contribution in [0.2, 0.25) is 5.02 Å². The van der Waals surface area contributed by atoms with E-state index in [-0.39, 0.29) is 5.91 Å². The maximum absolute atomic E-state index is 12.0. The van der Waals surface area contributed by atoms with E-state index in [9.17, 15) is 4.79 Å². The molecule has 0 bridgehead atoms. The first-order valence-electron chi connectivity index (χ1n) is 5.43. The van der Waals surface area contributed by atoms with Gasteiger partial charge in [0.2, 0.25) is 0 Å². The van der Waals surface area contributed by atoms with Crippen molar-refractivity contribution in [2.45, 2.75) is 13.8 Å². The maximum Gasteiger partial charge on any atom is 0.258 e. The van der Waals surface area contributed by atoms with Gasteiger partial charge in [-0.15, -0.1) is 0 Å². The Morgan fingerprint density at radius 1 is 1.28 bits per heavy atom. The Morgan fingerprint density at radius 3 is 2.72 bits per heavy atom. The minimum absolute atomic E-state index is 0.241. The van der Waals surface area contributed by atoms with Crippen LogP contribution in [0, 0.1) is 13.8 Å². The molecule has 2 aromatic rings. The van der Waals surface area contributed by atoms with Crippen molar-refractivity contribution in [3.8, 4) is 0 Å². The molecule has 0 atom stereocenters. The van der Waals surface area contributed by atoms with Gasteiger partial charge in [0.1, 0.15) is 5.82 Å². The zero-order valence-corrected chi connectivity index (χ0v) is 10.8. The van der Waals surface area contributed by atoms with Gasteiger partial charge in [0.05, 0.1) is 11.3 Å². The monoisotopic (exact) mass is 261 g/mol. The fraction of sp³-hybridized carbons (Fsp3) is 0.154. The van der Waals surface area contributed by atoms with Gasteiger partial charge in [-0.3, -0.25) is 9.78 Å². The molecule has 0 aromatic carbocycles. The molecule has 2 rings (SSSR count). The van der Waals surface area contributed by atoms with Gasteiger partial charge in [-0.05, 0) is 38.1 Å². The molecule has 0 aliphatic heterocycles. The number of amides is 1. The van der Waals surface area contributed by atoms with E-state index in [1.165, 1.54) is 6.20 Å². The van der Waals surface area contributed by atoms with Crippen LogP contribution < -0.4 is 5.32 Å². The van der Waals surface area contributed by atoms with E-state index in [2.05, 4.69) is 15.3 Å². The van der Waals surface area contributed by atoms with Crippen LogP contribution in [-0.4, -0.2) is 15.9 Å². The number of nitrogens with one attached hydrogen (secondary N) is 1. The molecule has 1 amide bonds. The summed E-state index contributed by atoms with van der Waals surface area (Å²) in [7, 11) is 0. The third-order valence-electron chi connectivity index (χ3n) is 2.43. The van der Waals surface area contributed by atoms with Crippen molar-refractivity contribution in [1.82, 2.24) is 9.97 Å². The molecule has 0 spiro atoms. The summed E-state index contributed by atoms with van der Waals surface area (Å²) >= 11 is 5.82. The van der Waals surface area contributed by atoms with Crippen LogP contribution in [-0.2, 0) is 0 Å². The number of pyridine rings is 2. The third kappa shape index (κ3) is 2.84. The topological polar surface area (TPSA) is 54.9 Å². The summed E-state index contributed by atoms with van der Waals surface area (Å²) in [4.78, 5) is 20.3. The molecular formula is C13H12ClN3O. The summed E-state index contributed by atoms with van der Waals surface area (Å²) in [5, 5.41) is 3.21. The lowest BCUT2D eigenvalue weighted by molar-refractivity contribution is 0.102. The summed E-state index contributed by atoms with van der Waals surface area (Å²) in [6.07, 6.45) is 1.54. The van der Waals surface area contributed by atoms with Gasteiger partial charge >= 0.3 is 0 Å². The smallest absolute Gasteiger partial charge is 0.258 e. The SMILES string of the molecule is Cc1ccc(C(=O)Nc2cc(Cl)ccn2)c(C)n1. The van der Waals surface area contributed by atoms with Gasteiger partial charge in [-0.2, -0.15) is 0 Å². The highest BCUT2D eigenvalue weighted by molar-refractivity contribution is 6.30. The predicted molar refractivity (Wildman–Crippen MR) is 70.9 cm³/mol. The van der Waals surface area contributed by atoms with E-state index in [4.69, 9.17) is 11.6 Å². The van der Waals surface area contributed by atoms with Crippen molar-refractivity contribution in [3.63, 3.8) is 0 Å². The second-order valence-corrected chi connectivity index (χ2v) is 4.34. The maximum atomic E-state index is 12.0. The summed E-state index contributed by atoms with van der Waals surface area (Å²) in [5.74, 6) is 0.183. The summed E-state index contributed by atoms with van der Waals surface area (Å²) < 4.78 is 0. The lowest BCUT2D eigenvalue weighted by Gasteiger charge is -2.07. The van der Waals surface area contributed by atoms with Gasteiger partial charge in [0, 0.05) is 16.9 Å². The second-order valence-electron chi connectivity index (χ2n) is 3.90. The predicted octanol–water partition coefficient (Wildman–Crippen LogP) is 3.00. The molecule has 0 saturated heterocycles. The number of hydrogen-bond acceptors (Lipinski definition) is 3. The molecule has 5 heteroatoms. The highest BCUT2D eigenvalue weighted by Gasteiger charge is 2.10. The van der Waals surface area contributed by atoms with Gasteiger partial charge in [-0.25, -0.2) is 4.98 Å². The van der Waals surface area contributed by atoms with Crippen LogP contribution in [0.1, 0.15) is 21.7 Å². The van der Waals surface area contributed by atoms with Crippen molar-refractivity contribution in [3.05, 3.63) is 52.4 Å². The van der Waals surface area contributed by atoms with Crippen LogP contribution >= 0.6 is 11.6 Å². The fourth-order valence-electron chi connectivity index (χ4n) is 1.58. The highest BCUT2D eigenvalue weighted by Crippen LogP contribution is 2.14. The lowest BCUT2D eigenvalue weighted by atomic mass is 10.2. The molecule has 4 nitrogen and oxygen atoms in total. The van der Waals surface area contributed by atoms with Gasteiger partial charge in [0.25, 0.3) is 5.91 Å². The molecular weight excluding hydrogens is 250 g/mol. The fourth-order valence-corrected chi connectivity index (χ4v) is 1.74. The quantitative estimate of drug-likeness (QED) is 0.904. The molecule has 0 aliphatic rings. The first-order chi connectivity index (χ1) is 8.56. The van der Waals surface area contributed by atoms with Crippen molar-refractivity contribution in [2.24, 2.45) is 0 Å². The number of halogens is 1. The van der Waals surface area contributed by atoms with E-state index >= 15 is 0 Å². The van der Waals surface area contributed by atoms with Crippen LogP contribution in [0.5, 0.6) is 0 Å². The van der Waals surface area contributed by atoms with Crippen molar-refractivity contribution >= 4 is 23.3 Å². The van der Waals surface area contributed by atoms with E-state index in [1.807, 2.05) is 6.92 Å². The van der Waals surface area contributed by atoms with Crippen LogP contribution in [0.25, 0.3) is 0 Å². The minimum atomic E-state index is -0.241. The van der Waals surface area contributed by atoms with E-state index in [0.29, 0.717) is 22.1 Å². The molecule has 0 radical (unpaired) electrons. The summed E-state index contributed by atoms with van der Waals surface area (Å²) in [6.45, 7) is 3.68. The molecule has 0 aliphatic carbocycles. The van der Waals surface area contributed by atoms with Gasteiger partial charge < -0.3 is 5.32 Å². The Morgan fingerprint density at radius 2 is 2.06 bits per heavy atom. The summed E-state index contributed by atoms with van der Waals surface area (Å²) in [5.41, 5.74) is 2.10. The Labute approximate surface area is 110 Å². The number of hydrogen-bond donors (Lipinski definition) is 1. The number of carbonyl (C=O) groups is 1. The lowest BCUT2D eigenvalue weighted by Crippen LogP contribution is -2.15. The molecule has 2 aromatic heterocycles. The zero-order chi connectivity index (χ0) is 13.1. The number of aryl methyl sites for hydroxylation is 2. The number of anilines is 1. The number of aromatic nitrogens is 2. The van der Waals surface area contributed by atoms with Crippen molar-refractivity contribution in [2.75, 3.05) is 5.32 Å². The van der Waals surface area contributed by atoms with E-state index in [0.717, 1.165) is 5.69 Å². The normalized spacial score (nSPS) is 10.2. The highest BCUT2D eigenvalue weighted by atomic mass is 35.5. The average molecular weight is 262 g/mol. The van der Waals surface area contributed by atoms with Crippen LogP contribution in [0.15, 0.2) is 30.5 Å². The van der Waals surface area contributed by atoms with Crippen LogP contribution in [0.3, 0.4) is 0 Å². The molecule has 0 fully saturated rings. The van der Waals surface area contributed by atoms with Crippen LogP contribution in [0.4, 0.5) is 5.82 Å². The Kier molecular flexibility index (Phi) is 3.58. The molecule has 0 saturated carbocycles. The van der Waals surface area contributed by atoms with E-state index < -0.39 is 0 Å². The average Bonchev–Trinajstić information content (AvgIpc) is 2.28. The zero-order valence-electron chi connectivity index (χ0n) is 10.1. The standard InChI is InChI=1S/C13H12ClN3O/c1-8-3-4-11(9(2)16-8)13(18)17-12-7-10(14)5-6-15-12/h3-7H,1-2H3,(H,15,17,18). The molecule has 0 unspecified atom stereocenters. The molecule has 18 heavy (non-hydrogen) atoms. The first-order valence-corrected chi connectivity index (χ1v) is 5.81. The number of nitrogens with zero attached hydrogens (tertiary/aromatic N) is 2. The van der Waals surface area contributed by atoms with Gasteiger partial charge in [0.15, 0.2) is 0 Å². The third-order valence-corrected chi connectivity index (χ3v) is 2.67.